The van der Waals surface area contributed by atoms with Crippen molar-refractivity contribution in [3.8, 4) is 11.3 Å². The Bertz CT molecular complexity index is 643. The van der Waals surface area contributed by atoms with E-state index >= 15 is 0 Å². The SMILES string of the molecule is Cc1nc(-c2ccccc2)cc(=O)n1C1CCNCC1. The topological polar surface area (TPSA) is 46.9 Å². The Kier molecular flexibility index (Phi) is 3.65. The number of hydrogen-bond donors (Lipinski definition) is 1. The van der Waals surface area contributed by atoms with Gasteiger partial charge in [0.2, 0.25) is 0 Å². The van der Waals surface area contributed by atoms with Crippen molar-refractivity contribution in [2.24, 2.45) is 0 Å². The van der Waals surface area contributed by atoms with E-state index in [1.54, 1.807) is 6.07 Å². The van der Waals surface area contributed by atoms with Gasteiger partial charge >= 0.3 is 0 Å². The van der Waals surface area contributed by atoms with Gasteiger partial charge in [0.15, 0.2) is 0 Å². The average molecular weight is 269 g/mol. The summed E-state index contributed by atoms with van der Waals surface area (Å²) in [6.45, 7) is 3.86. The molecule has 104 valence electrons. The second-order valence-electron chi connectivity index (χ2n) is 5.24. The normalized spacial score (nSPS) is 16.2. The quantitative estimate of drug-likeness (QED) is 0.908. The lowest BCUT2D eigenvalue weighted by Gasteiger charge is -2.26. The lowest BCUT2D eigenvalue weighted by Crippen LogP contribution is -2.35. The van der Waals surface area contributed by atoms with Gasteiger partial charge in [-0.3, -0.25) is 9.36 Å². The van der Waals surface area contributed by atoms with Gasteiger partial charge in [0.05, 0.1) is 5.69 Å². The van der Waals surface area contributed by atoms with Crippen LogP contribution in [0.1, 0.15) is 24.7 Å². The smallest absolute Gasteiger partial charge is 0.254 e. The van der Waals surface area contributed by atoms with Gasteiger partial charge in [0.25, 0.3) is 5.56 Å². The molecular formula is C16H19N3O. The van der Waals surface area contributed by atoms with E-state index in [1.165, 1.54) is 0 Å². The summed E-state index contributed by atoms with van der Waals surface area (Å²) < 4.78 is 1.85. The molecule has 1 aliphatic rings. The monoisotopic (exact) mass is 269 g/mol. The minimum Gasteiger partial charge on any atom is -0.317 e. The van der Waals surface area contributed by atoms with Gasteiger partial charge in [-0.15, -0.1) is 0 Å². The first-order valence-corrected chi connectivity index (χ1v) is 7.12. The zero-order valence-corrected chi connectivity index (χ0v) is 11.7. The van der Waals surface area contributed by atoms with Crippen LogP contribution in [0.15, 0.2) is 41.2 Å². The summed E-state index contributed by atoms with van der Waals surface area (Å²) >= 11 is 0. The number of nitrogens with zero attached hydrogens (tertiary/aromatic N) is 2. The van der Waals surface area contributed by atoms with Crippen molar-refractivity contribution in [2.75, 3.05) is 13.1 Å². The highest BCUT2D eigenvalue weighted by atomic mass is 16.1. The molecule has 0 atom stereocenters. The van der Waals surface area contributed by atoms with E-state index in [9.17, 15) is 4.79 Å². The Morgan fingerprint density at radius 1 is 1.20 bits per heavy atom. The van der Waals surface area contributed by atoms with Crippen molar-refractivity contribution in [2.45, 2.75) is 25.8 Å². The fourth-order valence-electron chi connectivity index (χ4n) is 2.87. The zero-order chi connectivity index (χ0) is 13.9. The molecule has 1 aliphatic heterocycles. The third kappa shape index (κ3) is 2.51. The van der Waals surface area contributed by atoms with Gasteiger partial charge in [-0.25, -0.2) is 4.98 Å². The van der Waals surface area contributed by atoms with E-state index in [2.05, 4.69) is 10.3 Å². The highest BCUT2D eigenvalue weighted by molar-refractivity contribution is 5.58. The maximum absolute atomic E-state index is 12.4. The molecule has 3 rings (SSSR count). The van der Waals surface area contributed by atoms with Crippen LogP contribution in [-0.4, -0.2) is 22.6 Å². The van der Waals surface area contributed by atoms with Crippen molar-refractivity contribution in [3.63, 3.8) is 0 Å². The third-order valence-corrected chi connectivity index (χ3v) is 3.87. The van der Waals surface area contributed by atoms with Crippen LogP contribution in [0.2, 0.25) is 0 Å². The summed E-state index contributed by atoms with van der Waals surface area (Å²) in [6.07, 6.45) is 1.99. The number of piperidine rings is 1. The molecule has 0 saturated carbocycles. The minimum atomic E-state index is 0.0586. The van der Waals surface area contributed by atoms with Gasteiger partial charge in [0.1, 0.15) is 5.82 Å². The molecule has 1 N–H and O–H groups in total. The molecular weight excluding hydrogens is 250 g/mol. The van der Waals surface area contributed by atoms with Crippen molar-refractivity contribution in [1.29, 1.82) is 0 Å². The molecule has 0 unspecified atom stereocenters. The number of hydrogen-bond acceptors (Lipinski definition) is 3. The molecule has 20 heavy (non-hydrogen) atoms. The number of aromatic nitrogens is 2. The highest BCUT2D eigenvalue weighted by Gasteiger charge is 2.18. The van der Waals surface area contributed by atoms with E-state index in [0.717, 1.165) is 43.0 Å². The molecule has 2 aromatic rings. The number of nitrogens with one attached hydrogen (secondary N) is 1. The van der Waals surface area contributed by atoms with Gasteiger partial charge in [-0.2, -0.15) is 0 Å². The van der Waals surface area contributed by atoms with Gasteiger partial charge < -0.3 is 5.32 Å². The van der Waals surface area contributed by atoms with Crippen LogP contribution in [0.25, 0.3) is 11.3 Å². The van der Waals surface area contributed by atoms with Crippen molar-refractivity contribution in [1.82, 2.24) is 14.9 Å². The number of benzene rings is 1. The first-order valence-electron chi connectivity index (χ1n) is 7.12. The average Bonchev–Trinajstić information content (AvgIpc) is 2.48. The van der Waals surface area contributed by atoms with Crippen LogP contribution in [0, 0.1) is 6.92 Å². The van der Waals surface area contributed by atoms with Crippen molar-refractivity contribution in [3.05, 3.63) is 52.6 Å². The first-order chi connectivity index (χ1) is 9.75. The van der Waals surface area contributed by atoms with Crippen molar-refractivity contribution >= 4 is 0 Å². The molecule has 0 bridgehead atoms. The Morgan fingerprint density at radius 3 is 2.55 bits per heavy atom. The van der Waals surface area contributed by atoms with Crippen molar-refractivity contribution < 1.29 is 0 Å². The van der Waals surface area contributed by atoms with Crippen LogP contribution < -0.4 is 10.9 Å². The van der Waals surface area contributed by atoms with Gasteiger partial charge in [0, 0.05) is 17.7 Å². The molecule has 0 aliphatic carbocycles. The molecule has 1 aromatic carbocycles. The summed E-state index contributed by atoms with van der Waals surface area (Å²) in [5, 5.41) is 3.32. The Morgan fingerprint density at radius 2 is 1.90 bits per heavy atom. The lowest BCUT2D eigenvalue weighted by atomic mass is 10.1. The highest BCUT2D eigenvalue weighted by Crippen LogP contribution is 2.20. The first kappa shape index (κ1) is 13.1. The second-order valence-corrected chi connectivity index (χ2v) is 5.24. The minimum absolute atomic E-state index is 0.0586. The maximum Gasteiger partial charge on any atom is 0.254 e. The fourth-order valence-corrected chi connectivity index (χ4v) is 2.87. The van der Waals surface area contributed by atoms with Crippen LogP contribution >= 0.6 is 0 Å². The molecule has 1 fully saturated rings. The Balaban J connectivity index is 2.01. The summed E-state index contributed by atoms with van der Waals surface area (Å²) in [5.74, 6) is 0.809. The van der Waals surface area contributed by atoms with E-state index < -0.39 is 0 Å². The van der Waals surface area contributed by atoms with Crippen LogP contribution in [0.5, 0.6) is 0 Å². The predicted octanol–water partition coefficient (Wildman–Crippen LogP) is 2.14. The van der Waals surface area contributed by atoms with E-state index in [0.29, 0.717) is 0 Å². The lowest BCUT2D eigenvalue weighted by molar-refractivity contribution is 0.352. The van der Waals surface area contributed by atoms with E-state index in [4.69, 9.17) is 0 Å². The largest absolute Gasteiger partial charge is 0.317 e. The third-order valence-electron chi connectivity index (χ3n) is 3.87. The summed E-state index contributed by atoms with van der Waals surface area (Å²) in [6, 6.07) is 11.8. The number of aryl methyl sites for hydroxylation is 1. The fraction of sp³-hybridized carbons (Fsp3) is 0.375. The molecule has 4 heteroatoms. The summed E-state index contributed by atoms with van der Waals surface area (Å²) in [7, 11) is 0. The Hall–Kier alpha value is -1.94. The standard InChI is InChI=1S/C16H19N3O/c1-12-18-15(13-5-3-2-4-6-13)11-16(20)19(12)14-7-9-17-10-8-14/h2-6,11,14,17H,7-10H2,1H3. The summed E-state index contributed by atoms with van der Waals surface area (Å²) in [5.41, 5.74) is 1.81. The zero-order valence-electron chi connectivity index (χ0n) is 11.7. The van der Waals surface area contributed by atoms with Crippen LogP contribution in [0.3, 0.4) is 0 Å². The summed E-state index contributed by atoms with van der Waals surface area (Å²) in [4.78, 5) is 17.1. The second kappa shape index (κ2) is 5.59. The Labute approximate surface area is 118 Å². The predicted molar refractivity (Wildman–Crippen MR) is 79.8 cm³/mol. The maximum atomic E-state index is 12.4. The van der Waals surface area contributed by atoms with Gasteiger partial charge in [-0.05, 0) is 32.9 Å². The molecule has 1 aromatic heterocycles. The van der Waals surface area contributed by atoms with Gasteiger partial charge in [-0.1, -0.05) is 30.3 Å². The van der Waals surface area contributed by atoms with Crippen LogP contribution in [-0.2, 0) is 0 Å². The molecule has 1 saturated heterocycles. The van der Waals surface area contributed by atoms with E-state index in [1.807, 2.05) is 41.8 Å². The molecule has 4 nitrogen and oxygen atoms in total. The molecule has 0 amide bonds. The van der Waals surface area contributed by atoms with E-state index in [-0.39, 0.29) is 11.6 Å². The molecule has 0 spiro atoms. The molecule has 2 heterocycles. The van der Waals surface area contributed by atoms with Crippen LogP contribution in [0.4, 0.5) is 0 Å². The molecule has 0 radical (unpaired) electrons. The number of rotatable bonds is 2.